The maximum Gasteiger partial charge on any atom is 0.392 e. The van der Waals surface area contributed by atoms with Crippen LogP contribution in [-0.4, -0.2) is 20.6 Å². The van der Waals surface area contributed by atoms with Crippen molar-refractivity contribution in [2.45, 2.75) is 32.4 Å². The summed E-state index contributed by atoms with van der Waals surface area (Å²) >= 11 is 0. The SMILES string of the molecule is CC1Cn2c(nc(C#CC3CC3)c2[N+](=O)[O-])O1. The summed E-state index contributed by atoms with van der Waals surface area (Å²) in [5.41, 5.74) is 0.226. The van der Waals surface area contributed by atoms with E-state index in [0.29, 0.717) is 18.5 Å². The number of aromatic nitrogens is 2. The van der Waals surface area contributed by atoms with Crippen molar-refractivity contribution >= 4 is 5.82 Å². The third-order valence-electron chi connectivity index (χ3n) is 2.80. The van der Waals surface area contributed by atoms with Crippen molar-refractivity contribution in [3.8, 4) is 17.9 Å². The van der Waals surface area contributed by atoms with Gasteiger partial charge in [-0.1, -0.05) is 5.92 Å². The molecular formula is C11H11N3O3. The molecule has 88 valence electrons. The van der Waals surface area contributed by atoms with Gasteiger partial charge < -0.3 is 14.9 Å². The molecule has 6 nitrogen and oxygen atoms in total. The predicted octanol–water partition coefficient (Wildman–Crippen LogP) is 1.33. The second-order valence-corrected chi connectivity index (χ2v) is 4.41. The van der Waals surface area contributed by atoms with Crippen molar-refractivity contribution in [1.29, 1.82) is 0 Å². The van der Waals surface area contributed by atoms with Gasteiger partial charge in [0.05, 0.1) is 0 Å². The molecule has 17 heavy (non-hydrogen) atoms. The molecule has 0 aromatic carbocycles. The van der Waals surface area contributed by atoms with Crippen LogP contribution >= 0.6 is 0 Å². The normalized spacial score (nSPS) is 21.4. The highest BCUT2D eigenvalue weighted by Crippen LogP contribution is 2.31. The number of imidazole rings is 1. The van der Waals surface area contributed by atoms with E-state index in [4.69, 9.17) is 4.74 Å². The molecule has 2 aliphatic rings. The van der Waals surface area contributed by atoms with Gasteiger partial charge in [0, 0.05) is 5.92 Å². The van der Waals surface area contributed by atoms with E-state index in [1.165, 1.54) is 4.57 Å². The quantitative estimate of drug-likeness (QED) is 0.417. The Morgan fingerprint density at radius 2 is 2.35 bits per heavy atom. The van der Waals surface area contributed by atoms with Gasteiger partial charge in [-0.3, -0.25) is 0 Å². The van der Waals surface area contributed by atoms with E-state index in [-0.39, 0.29) is 17.6 Å². The van der Waals surface area contributed by atoms with Gasteiger partial charge in [0.25, 0.3) is 0 Å². The van der Waals surface area contributed by atoms with E-state index in [1.54, 1.807) is 0 Å². The van der Waals surface area contributed by atoms with Crippen molar-refractivity contribution in [3.63, 3.8) is 0 Å². The maximum absolute atomic E-state index is 11.0. The number of hydrogen-bond acceptors (Lipinski definition) is 4. The summed E-state index contributed by atoms with van der Waals surface area (Å²) in [5.74, 6) is 6.13. The molecule has 0 amide bonds. The first kappa shape index (κ1) is 10.1. The second kappa shape index (κ2) is 3.48. The third kappa shape index (κ3) is 1.73. The van der Waals surface area contributed by atoms with Crippen LogP contribution < -0.4 is 4.74 Å². The largest absolute Gasteiger partial charge is 0.440 e. The summed E-state index contributed by atoms with van der Waals surface area (Å²) in [6, 6.07) is 0.310. The summed E-state index contributed by atoms with van der Waals surface area (Å²) < 4.78 is 6.87. The van der Waals surface area contributed by atoms with Crippen LogP contribution in [0.2, 0.25) is 0 Å². The fourth-order valence-corrected chi connectivity index (χ4v) is 1.82. The van der Waals surface area contributed by atoms with Gasteiger partial charge in [-0.2, -0.15) is 9.55 Å². The fraction of sp³-hybridized carbons (Fsp3) is 0.545. The molecule has 1 saturated carbocycles. The smallest absolute Gasteiger partial charge is 0.392 e. The molecular weight excluding hydrogens is 222 g/mol. The molecule has 3 rings (SSSR count). The van der Waals surface area contributed by atoms with Gasteiger partial charge in [0.2, 0.25) is 5.69 Å². The Kier molecular flexibility index (Phi) is 2.08. The minimum Gasteiger partial charge on any atom is -0.440 e. The lowest BCUT2D eigenvalue weighted by atomic mass is 10.3. The number of nitrogens with zero attached hydrogens (tertiary/aromatic N) is 3. The summed E-state index contributed by atoms with van der Waals surface area (Å²) in [6.07, 6.45) is 2.10. The zero-order chi connectivity index (χ0) is 12.0. The summed E-state index contributed by atoms with van der Waals surface area (Å²) in [6.45, 7) is 2.32. The van der Waals surface area contributed by atoms with E-state index < -0.39 is 4.92 Å². The first-order chi connectivity index (χ1) is 8.15. The average Bonchev–Trinajstić information content (AvgIpc) is 2.92. The molecule has 1 aromatic heterocycles. The Hall–Kier alpha value is -2.03. The molecule has 1 aromatic rings. The van der Waals surface area contributed by atoms with Crippen LogP contribution in [0, 0.1) is 27.9 Å². The van der Waals surface area contributed by atoms with Gasteiger partial charge in [-0.25, -0.2) is 0 Å². The topological polar surface area (TPSA) is 70.2 Å². The van der Waals surface area contributed by atoms with Crippen molar-refractivity contribution in [2.24, 2.45) is 5.92 Å². The van der Waals surface area contributed by atoms with Crippen LogP contribution in [0.15, 0.2) is 0 Å². The highest BCUT2D eigenvalue weighted by Gasteiger charge is 2.35. The maximum atomic E-state index is 11.0. The zero-order valence-corrected chi connectivity index (χ0v) is 9.34. The lowest BCUT2D eigenvalue weighted by molar-refractivity contribution is -0.392. The molecule has 1 unspecified atom stereocenters. The van der Waals surface area contributed by atoms with E-state index in [9.17, 15) is 10.1 Å². The van der Waals surface area contributed by atoms with E-state index >= 15 is 0 Å². The monoisotopic (exact) mass is 233 g/mol. The Balaban J connectivity index is 2.02. The molecule has 0 N–H and O–H groups in total. The highest BCUT2D eigenvalue weighted by molar-refractivity contribution is 5.46. The molecule has 6 heteroatoms. The summed E-state index contributed by atoms with van der Waals surface area (Å²) in [4.78, 5) is 14.7. The first-order valence-electron chi connectivity index (χ1n) is 5.58. The molecule has 1 aliphatic carbocycles. The third-order valence-corrected chi connectivity index (χ3v) is 2.80. The van der Waals surface area contributed by atoms with Crippen molar-refractivity contribution in [2.75, 3.05) is 0 Å². The molecule has 2 heterocycles. The number of ether oxygens (including phenoxy) is 1. The number of hydrogen-bond donors (Lipinski definition) is 0. The van der Waals surface area contributed by atoms with Crippen LogP contribution in [0.25, 0.3) is 0 Å². The van der Waals surface area contributed by atoms with Crippen LogP contribution in [0.1, 0.15) is 25.5 Å². The van der Waals surface area contributed by atoms with Crippen molar-refractivity contribution in [3.05, 3.63) is 15.8 Å². The Morgan fingerprint density at radius 1 is 1.59 bits per heavy atom. The molecule has 0 saturated heterocycles. The van der Waals surface area contributed by atoms with Crippen molar-refractivity contribution < 1.29 is 9.66 Å². The van der Waals surface area contributed by atoms with E-state index in [1.807, 2.05) is 6.92 Å². The van der Waals surface area contributed by atoms with Gasteiger partial charge in [0.15, 0.2) is 0 Å². The minimum atomic E-state index is -0.436. The van der Waals surface area contributed by atoms with Gasteiger partial charge in [-0.05, 0) is 30.6 Å². The standard InChI is InChI=1S/C11H11N3O3/c1-7-6-13-10(14(15)16)9(12-11(13)17-7)5-4-8-2-3-8/h7-8H,2-3,6H2,1H3. The lowest BCUT2D eigenvalue weighted by Gasteiger charge is -1.97. The molecule has 0 radical (unpaired) electrons. The second-order valence-electron chi connectivity index (χ2n) is 4.41. The van der Waals surface area contributed by atoms with Gasteiger partial charge in [0.1, 0.15) is 12.6 Å². The number of rotatable bonds is 1. The highest BCUT2D eigenvalue weighted by atomic mass is 16.6. The van der Waals surface area contributed by atoms with Crippen LogP contribution in [0.4, 0.5) is 5.82 Å². The summed E-state index contributed by atoms with van der Waals surface area (Å²) in [7, 11) is 0. The Morgan fingerprint density at radius 3 is 3.00 bits per heavy atom. The molecule has 0 bridgehead atoms. The van der Waals surface area contributed by atoms with E-state index in [0.717, 1.165) is 12.8 Å². The zero-order valence-electron chi connectivity index (χ0n) is 9.34. The van der Waals surface area contributed by atoms with Gasteiger partial charge in [-0.15, -0.1) is 0 Å². The molecule has 0 spiro atoms. The predicted molar refractivity (Wildman–Crippen MR) is 58.6 cm³/mol. The van der Waals surface area contributed by atoms with Crippen LogP contribution in [0.3, 0.4) is 0 Å². The molecule has 1 fully saturated rings. The van der Waals surface area contributed by atoms with Crippen LogP contribution in [-0.2, 0) is 6.54 Å². The molecule has 1 atom stereocenters. The minimum absolute atomic E-state index is 0.0440. The number of nitro groups is 1. The Bertz CT molecular complexity index is 548. The Labute approximate surface area is 97.7 Å². The van der Waals surface area contributed by atoms with Crippen LogP contribution in [0.5, 0.6) is 6.01 Å². The fourth-order valence-electron chi connectivity index (χ4n) is 1.82. The average molecular weight is 233 g/mol. The lowest BCUT2D eigenvalue weighted by Crippen LogP contribution is -2.10. The first-order valence-corrected chi connectivity index (χ1v) is 5.58. The number of fused-ring (bicyclic) bond motifs is 1. The van der Waals surface area contributed by atoms with Gasteiger partial charge >= 0.3 is 11.8 Å². The summed E-state index contributed by atoms with van der Waals surface area (Å²) in [5, 5.41) is 11.0. The van der Waals surface area contributed by atoms with Crippen molar-refractivity contribution in [1.82, 2.24) is 9.55 Å². The van der Waals surface area contributed by atoms with E-state index in [2.05, 4.69) is 16.8 Å². The molecule has 1 aliphatic heterocycles.